The number of hydrogen-bond donors (Lipinski definition) is 2. The van der Waals surface area contributed by atoms with Crippen molar-refractivity contribution in [3.8, 4) is 0 Å². The SMILES string of the molecule is CC(C)(C)NC(=O)CNc1ccc(Cl)c(Br)c1. The fourth-order valence-electron chi connectivity index (χ4n) is 1.25. The molecule has 0 aliphatic rings. The van der Waals surface area contributed by atoms with Crippen LogP contribution in [0.3, 0.4) is 0 Å². The minimum absolute atomic E-state index is 0.0384. The molecular weight excluding hydrogens is 304 g/mol. The van der Waals surface area contributed by atoms with E-state index in [0.29, 0.717) is 5.02 Å². The number of carbonyl (C=O) groups is 1. The number of halogens is 2. The van der Waals surface area contributed by atoms with Crippen LogP contribution in [0.2, 0.25) is 5.02 Å². The predicted octanol–water partition coefficient (Wildman–Crippen LogP) is 3.43. The van der Waals surface area contributed by atoms with Crippen LogP contribution >= 0.6 is 27.5 Å². The van der Waals surface area contributed by atoms with Gasteiger partial charge in [-0.25, -0.2) is 0 Å². The fraction of sp³-hybridized carbons (Fsp3) is 0.417. The van der Waals surface area contributed by atoms with Crippen LogP contribution in [0.1, 0.15) is 20.8 Å². The first-order chi connectivity index (χ1) is 7.78. The highest BCUT2D eigenvalue weighted by atomic mass is 79.9. The van der Waals surface area contributed by atoms with Gasteiger partial charge >= 0.3 is 0 Å². The van der Waals surface area contributed by atoms with Crippen molar-refractivity contribution < 1.29 is 4.79 Å². The number of rotatable bonds is 3. The lowest BCUT2D eigenvalue weighted by atomic mass is 10.1. The Balaban J connectivity index is 2.50. The predicted molar refractivity (Wildman–Crippen MR) is 75.5 cm³/mol. The largest absolute Gasteiger partial charge is 0.376 e. The third-order valence-electron chi connectivity index (χ3n) is 1.89. The van der Waals surface area contributed by atoms with E-state index in [9.17, 15) is 4.79 Å². The summed E-state index contributed by atoms with van der Waals surface area (Å²) < 4.78 is 0.806. The molecule has 0 radical (unpaired) electrons. The maximum Gasteiger partial charge on any atom is 0.239 e. The molecule has 0 saturated heterocycles. The van der Waals surface area contributed by atoms with Crippen molar-refractivity contribution in [2.75, 3.05) is 11.9 Å². The Hall–Kier alpha value is -0.740. The van der Waals surface area contributed by atoms with Crippen LogP contribution in [0.4, 0.5) is 5.69 Å². The molecule has 0 spiro atoms. The second kappa shape index (κ2) is 5.74. The Morgan fingerprint density at radius 1 is 1.41 bits per heavy atom. The van der Waals surface area contributed by atoms with Crippen molar-refractivity contribution in [2.45, 2.75) is 26.3 Å². The summed E-state index contributed by atoms with van der Waals surface area (Å²) in [6.07, 6.45) is 0. The van der Waals surface area contributed by atoms with Crippen LogP contribution in [0, 0.1) is 0 Å². The molecule has 0 fully saturated rings. The van der Waals surface area contributed by atoms with Crippen LogP contribution in [0.15, 0.2) is 22.7 Å². The highest BCUT2D eigenvalue weighted by Gasteiger charge is 2.13. The van der Waals surface area contributed by atoms with Gasteiger partial charge in [0.15, 0.2) is 0 Å². The van der Waals surface area contributed by atoms with Gasteiger partial charge < -0.3 is 10.6 Å². The first-order valence-corrected chi connectivity index (χ1v) is 6.45. The highest BCUT2D eigenvalue weighted by molar-refractivity contribution is 9.10. The molecular formula is C12H16BrClN2O. The summed E-state index contributed by atoms with van der Waals surface area (Å²) in [5, 5.41) is 6.56. The van der Waals surface area contributed by atoms with Crippen molar-refractivity contribution in [1.29, 1.82) is 0 Å². The molecule has 1 aromatic carbocycles. The number of amides is 1. The maximum atomic E-state index is 11.6. The Kier molecular flexibility index (Phi) is 4.83. The van der Waals surface area contributed by atoms with Gasteiger partial charge in [-0.3, -0.25) is 4.79 Å². The minimum atomic E-state index is -0.209. The maximum absolute atomic E-state index is 11.6. The van der Waals surface area contributed by atoms with E-state index < -0.39 is 0 Å². The number of carbonyl (C=O) groups excluding carboxylic acids is 1. The Morgan fingerprint density at radius 2 is 2.06 bits per heavy atom. The molecule has 5 heteroatoms. The van der Waals surface area contributed by atoms with Gasteiger partial charge in [-0.15, -0.1) is 0 Å². The Morgan fingerprint density at radius 3 is 2.59 bits per heavy atom. The summed E-state index contributed by atoms with van der Waals surface area (Å²) in [4.78, 5) is 11.6. The van der Waals surface area contributed by atoms with E-state index in [1.807, 2.05) is 32.9 Å². The van der Waals surface area contributed by atoms with Gasteiger partial charge in [0, 0.05) is 15.7 Å². The molecule has 17 heavy (non-hydrogen) atoms. The zero-order valence-electron chi connectivity index (χ0n) is 10.1. The van der Waals surface area contributed by atoms with Crippen molar-refractivity contribution in [3.63, 3.8) is 0 Å². The third-order valence-corrected chi connectivity index (χ3v) is 3.10. The van der Waals surface area contributed by atoms with Crippen LogP contribution in [0.5, 0.6) is 0 Å². The molecule has 1 aromatic rings. The van der Waals surface area contributed by atoms with Gasteiger partial charge in [-0.05, 0) is 54.9 Å². The van der Waals surface area contributed by atoms with Gasteiger partial charge in [0.25, 0.3) is 0 Å². The number of anilines is 1. The molecule has 0 unspecified atom stereocenters. The van der Waals surface area contributed by atoms with E-state index in [0.717, 1.165) is 10.2 Å². The molecule has 0 aliphatic carbocycles. The van der Waals surface area contributed by atoms with E-state index >= 15 is 0 Å². The van der Waals surface area contributed by atoms with Crippen LogP contribution in [-0.4, -0.2) is 18.0 Å². The van der Waals surface area contributed by atoms with E-state index in [2.05, 4.69) is 26.6 Å². The molecule has 1 rings (SSSR count). The summed E-state index contributed by atoms with van der Waals surface area (Å²) in [6.45, 7) is 6.09. The smallest absolute Gasteiger partial charge is 0.239 e. The lowest BCUT2D eigenvalue weighted by molar-refractivity contribution is -0.120. The Bertz CT molecular complexity index is 415. The molecule has 0 aliphatic heterocycles. The normalized spacial score (nSPS) is 11.1. The monoisotopic (exact) mass is 318 g/mol. The lowest BCUT2D eigenvalue weighted by Gasteiger charge is -2.20. The molecule has 0 aromatic heterocycles. The van der Waals surface area contributed by atoms with Gasteiger partial charge in [-0.2, -0.15) is 0 Å². The summed E-state index contributed by atoms with van der Waals surface area (Å²) in [7, 11) is 0. The first-order valence-electron chi connectivity index (χ1n) is 5.28. The topological polar surface area (TPSA) is 41.1 Å². The second-order valence-corrected chi connectivity index (χ2v) is 6.04. The van der Waals surface area contributed by atoms with Crippen molar-refractivity contribution in [3.05, 3.63) is 27.7 Å². The average molecular weight is 320 g/mol. The standard InChI is InChI=1S/C12H16BrClN2O/c1-12(2,3)16-11(17)7-15-8-4-5-10(14)9(13)6-8/h4-6,15H,7H2,1-3H3,(H,16,17). The van der Waals surface area contributed by atoms with Crippen LogP contribution < -0.4 is 10.6 Å². The highest BCUT2D eigenvalue weighted by Crippen LogP contribution is 2.25. The minimum Gasteiger partial charge on any atom is -0.376 e. The van der Waals surface area contributed by atoms with Crippen LogP contribution in [0.25, 0.3) is 0 Å². The van der Waals surface area contributed by atoms with Crippen molar-refractivity contribution in [2.24, 2.45) is 0 Å². The zero-order valence-corrected chi connectivity index (χ0v) is 12.4. The number of hydrogen-bond acceptors (Lipinski definition) is 2. The quantitative estimate of drug-likeness (QED) is 0.896. The van der Waals surface area contributed by atoms with Gasteiger partial charge in [-0.1, -0.05) is 11.6 Å². The van der Waals surface area contributed by atoms with E-state index in [-0.39, 0.29) is 18.0 Å². The molecule has 0 heterocycles. The van der Waals surface area contributed by atoms with E-state index in [4.69, 9.17) is 11.6 Å². The Labute approximate surface area is 115 Å². The zero-order chi connectivity index (χ0) is 13.1. The van der Waals surface area contributed by atoms with Crippen molar-refractivity contribution >= 4 is 39.1 Å². The van der Waals surface area contributed by atoms with Crippen molar-refractivity contribution in [1.82, 2.24) is 5.32 Å². The fourth-order valence-corrected chi connectivity index (χ4v) is 1.75. The van der Waals surface area contributed by atoms with Gasteiger partial charge in [0.05, 0.1) is 11.6 Å². The molecule has 1 amide bonds. The summed E-state index contributed by atoms with van der Waals surface area (Å²) in [5.74, 6) is -0.0384. The molecule has 0 bridgehead atoms. The molecule has 94 valence electrons. The second-order valence-electron chi connectivity index (χ2n) is 4.78. The van der Waals surface area contributed by atoms with Crippen LogP contribution in [-0.2, 0) is 4.79 Å². The summed E-state index contributed by atoms with van der Waals surface area (Å²) in [6, 6.07) is 5.44. The first kappa shape index (κ1) is 14.3. The average Bonchev–Trinajstić information content (AvgIpc) is 2.17. The van der Waals surface area contributed by atoms with E-state index in [1.54, 1.807) is 6.07 Å². The number of benzene rings is 1. The molecule has 2 N–H and O–H groups in total. The third kappa shape index (κ3) is 5.41. The van der Waals surface area contributed by atoms with Gasteiger partial charge in [0.1, 0.15) is 0 Å². The molecule has 3 nitrogen and oxygen atoms in total. The lowest BCUT2D eigenvalue weighted by Crippen LogP contribution is -2.43. The van der Waals surface area contributed by atoms with E-state index in [1.165, 1.54) is 0 Å². The molecule has 0 atom stereocenters. The summed E-state index contributed by atoms with van der Waals surface area (Å²) in [5.41, 5.74) is 0.643. The number of nitrogens with one attached hydrogen (secondary N) is 2. The van der Waals surface area contributed by atoms with Gasteiger partial charge in [0.2, 0.25) is 5.91 Å². The summed E-state index contributed by atoms with van der Waals surface area (Å²) >= 11 is 9.21. The molecule has 0 saturated carbocycles.